The van der Waals surface area contributed by atoms with Gasteiger partial charge < -0.3 is 5.11 Å². The Labute approximate surface area is 109 Å². The molecule has 0 amide bonds. The highest BCUT2D eigenvalue weighted by atomic mass is 79.9. The maximum Gasteiger partial charge on any atom is 0.127 e. The van der Waals surface area contributed by atoms with E-state index in [1.165, 1.54) is 12.5 Å². The SMILES string of the molecule is OC1(Cc2ccc(Br)cc2F)CC2CCC1C2. The van der Waals surface area contributed by atoms with Crippen molar-refractivity contribution in [3.63, 3.8) is 0 Å². The van der Waals surface area contributed by atoms with Crippen LogP contribution in [-0.4, -0.2) is 10.7 Å². The Morgan fingerprint density at radius 3 is 2.82 bits per heavy atom. The van der Waals surface area contributed by atoms with Gasteiger partial charge in [-0.05, 0) is 55.2 Å². The molecule has 0 spiro atoms. The van der Waals surface area contributed by atoms with Gasteiger partial charge in [0.05, 0.1) is 5.60 Å². The van der Waals surface area contributed by atoms with E-state index < -0.39 is 5.60 Å². The first-order valence-electron chi connectivity index (χ1n) is 6.23. The van der Waals surface area contributed by atoms with Crippen LogP contribution in [-0.2, 0) is 6.42 Å². The Hall–Kier alpha value is -0.410. The zero-order valence-corrected chi connectivity index (χ0v) is 11.2. The highest BCUT2D eigenvalue weighted by molar-refractivity contribution is 9.10. The summed E-state index contributed by atoms with van der Waals surface area (Å²) < 4.78 is 14.5. The Bertz CT molecular complexity index is 448. The molecule has 17 heavy (non-hydrogen) atoms. The van der Waals surface area contributed by atoms with Gasteiger partial charge in [0.2, 0.25) is 0 Å². The van der Waals surface area contributed by atoms with Crippen molar-refractivity contribution in [3.8, 4) is 0 Å². The summed E-state index contributed by atoms with van der Waals surface area (Å²) in [6, 6.07) is 5.10. The molecule has 3 rings (SSSR count). The fourth-order valence-electron chi connectivity index (χ4n) is 3.63. The summed E-state index contributed by atoms with van der Waals surface area (Å²) in [6.45, 7) is 0. The summed E-state index contributed by atoms with van der Waals surface area (Å²) in [4.78, 5) is 0. The lowest BCUT2D eigenvalue weighted by Gasteiger charge is -2.32. The molecular weight excluding hydrogens is 283 g/mol. The van der Waals surface area contributed by atoms with Crippen LogP contribution in [0.15, 0.2) is 22.7 Å². The van der Waals surface area contributed by atoms with Gasteiger partial charge in [0, 0.05) is 10.9 Å². The minimum absolute atomic E-state index is 0.212. The van der Waals surface area contributed by atoms with Gasteiger partial charge in [0.1, 0.15) is 5.82 Å². The number of aliphatic hydroxyl groups is 1. The zero-order chi connectivity index (χ0) is 12.0. The van der Waals surface area contributed by atoms with Crippen molar-refractivity contribution in [1.82, 2.24) is 0 Å². The molecule has 2 fully saturated rings. The molecule has 1 aromatic rings. The van der Waals surface area contributed by atoms with E-state index in [0.29, 0.717) is 23.8 Å². The molecular formula is C14H16BrFO. The van der Waals surface area contributed by atoms with Crippen LogP contribution in [0, 0.1) is 17.7 Å². The molecule has 0 aliphatic heterocycles. The van der Waals surface area contributed by atoms with Gasteiger partial charge >= 0.3 is 0 Å². The van der Waals surface area contributed by atoms with Crippen LogP contribution in [0.2, 0.25) is 0 Å². The van der Waals surface area contributed by atoms with Gasteiger partial charge in [-0.3, -0.25) is 0 Å². The molecule has 0 heterocycles. The van der Waals surface area contributed by atoms with E-state index >= 15 is 0 Å². The fourth-order valence-corrected chi connectivity index (χ4v) is 3.96. The number of benzene rings is 1. The maximum absolute atomic E-state index is 13.8. The van der Waals surface area contributed by atoms with Crippen LogP contribution in [0.1, 0.15) is 31.2 Å². The van der Waals surface area contributed by atoms with Gasteiger partial charge in [-0.2, -0.15) is 0 Å². The van der Waals surface area contributed by atoms with Crippen LogP contribution in [0.5, 0.6) is 0 Å². The average Bonchev–Trinajstić information content (AvgIpc) is 2.82. The van der Waals surface area contributed by atoms with Crippen molar-refractivity contribution in [2.24, 2.45) is 11.8 Å². The van der Waals surface area contributed by atoms with Gasteiger partial charge in [-0.25, -0.2) is 4.39 Å². The highest BCUT2D eigenvalue weighted by Gasteiger charge is 2.49. The Kier molecular flexibility index (Phi) is 2.79. The molecule has 2 bridgehead atoms. The molecule has 1 aromatic carbocycles. The summed E-state index contributed by atoms with van der Waals surface area (Å²) in [5, 5.41) is 10.7. The van der Waals surface area contributed by atoms with Crippen LogP contribution >= 0.6 is 15.9 Å². The number of fused-ring (bicyclic) bond motifs is 2. The van der Waals surface area contributed by atoms with Crippen molar-refractivity contribution >= 4 is 15.9 Å². The standard InChI is InChI=1S/C14H16BrFO/c15-12-4-2-10(13(16)6-12)8-14(17)7-9-1-3-11(14)5-9/h2,4,6,9,11,17H,1,3,5,7-8H2. The third-order valence-corrected chi connectivity index (χ3v) is 4.95. The monoisotopic (exact) mass is 298 g/mol. The van der Waals surface area contributed by atoms with Crippen LogP contribution in [0.3, 0.4) is 0 Å². The first-order chi connectivity index (χ1) is 8.07. The quantitative estimate of drug-likeness (QED) is 0.883. The number of halogens is 2. The van der Waals surface area contributed by atoms with Gasteiger partial charge in [0.25, 0.3) is 0 Å². The second kappa shape index (κ2) is 4.06. The Morgan fingerprint density at radius 2 is 2.24 bits per heavy atom. The molecule has 2 aliphatic carbocycles. The van der Waals surface area contributed by atoms with E-state index in [2.05, 4.69) is 15.9 Å². The van der Waals surface area contributed by atoms with Crippen LogP contribution in [0.4, 0.5) is 4.39 Å². The first kappa shape index (κ1) is 11.7. The summed E-state index contributed by atoms with van der Waals surface area (Å²) >= 11 is 3.25. The molecule has 3 unspecified atom stereocenters. The molecule has 0 aromatic heterocycles. The second-order valence-electron chi connectivity index (χ2n) is 5.60. The maximum atomic E-state index is 13.8. The predicted molar refractivity (Wildman–Crippen MR) is 68.2 cm³/mol. The van der Waals surface area contributed by atoms with E-state index in [-0.39, 0.29) is 5.82 Å². The van der Waals surface area contributed by atoms with Gasteiger partial charge in [-0.1, -0.05) is 22.0 Å². The number of rotatable bonds is 2. The van der Waals surface area contributed by atoms with Gasteiger partial charge in [-0.15, -0.1) is 0 Å². The molecule has 3 heteroatoms. The summed E-state index contributed by atoms with van der Waals surface area (Å²) in [5.74, 6) is 0.842. The third kappa shape index (κ3) is 2.04. The number of hydrogen-bond donors (Lipinski definition) is 1. The van der Waals surface area contributed by atoms with E-state index in [1.54, 1.807) is 6.07 Å². The molecule has 0 saturated heterocycles. The Morgan fingerprint density at radius 1 is 1.41 bits per heavy atom. The summed E-state index contributed by atoms with van der Waals surface area (Å²) in [5.41, 5.74) is -0.0133. The Balaban J connectivity index is 1.83. The van der Waals surface area contributed by atoms with Crippen LogP contribution in [0.25, 0.3) is 0 Å². The molecule has 92 valence electrons. The first-order valence-corrected chi connectivity index (χ1v) is 7.02. The predicted octanol–water partition coefficient (Wildman–Crippen LogP) is 3.68. The van der Waals surface area contributed by atoms with Crippen molar-refractivity contribution in [2.75, 3.05) is 0 Å². The van der Waals surface area contributed by atoms with Crippen molar-refractivity contribution in [1.29, 1.82) is 0 Å². The van der Waals surface area contributed by atoms with Crippen LogP contribution < -0.4 is 0 Å². The minimum Gasteiger partial charge on any atom is -0.389 e. The third-order valence-electron chi connectivity index (χ3n) is 4.45. The summed E-state index contributed by atoms with van der Waals surface area (Å²) in [6.07, 6.45) is 4.81. The molecule has 3 atom stereocenters. The average molecular weight is 299 g/mol. The van der Waals surface area contributed by atoms with Crippen molar-refractivity contribution < 1.29 is 9.50 Å². The lowest BCUT2D eigenvalue weighted by Crippen LogP contribution is -2.37. The molecule has 0 radical (unpaired) electrons. The fraction of sp³-hybridized carbons (Fsp3) is 0.571. The molecule has 2 saturated carbocycles. The van der Waals surface area contributed by atoms with E-state index in [1.807, 2.05) is 6.07 Å². The molecule has 2 aliphatic rings. The largest absolute Gasteiger partial charge is 0.389 e. The van der Waals surface area contributed by atoms with Crippen molar-refractivity contribution in [2.45, 2.75) is 37.7 Å². The van der Waals surface area contributed by atoms with E-state index in [9.17, 15) is 9.50 Å². The highest BCUT2D eigenvalue weighted by Crippen LogP contribution is 2.52. The lowest BCUT2D eigenvalue weighted by molar-refractivity contribution is -0.0131. The van der Waals surface area contributed by atoms with Crippen molar-refractivity contribution in [3.05, 3.63) is 34.1 Å². The smallest absolute Gasteiger partial charge is 0.127 e. The number of hydrogen-bond acceptors (Lipinski definition) is 1. The van der Waals surface area contributed by atoms with Gasteiger partial charge in [0.15, 0.2) is 0 Å². The summed E-state index contributed by atoms with van der Waals surface area (Å²) in [7, 11) is 0. The normalized spacial score (nSPS) is 35.5. The minimum atomic E-state index is -0.655. The molecule has 1 N–H and O–H groups in total. The zero-order valence-electron chi connectivity index (χ0n) is 9.63. The van der Waals surface area contributed by atoms with E-state index in [0.717, 1.165) is 23.7 Å². The topological polar surface area (TPSA) is 20.2 Å². The second-order valence-corrected chi connectivity index (χ2v) is 6.51. The van der Waals surface area contributed by atoms with E-state index in [4.69, 9.17) is 0 Å². The molecule has 1 nitrogen and oxygen atoms in total. The lowest BCUT2D eigenvalue weighted by atomic mass is 9.80.